The highest BCUT2D eigenvalue weighted by Crippen LogP contribution is 2.28. The summed E-state index contributed by atoms with van der Waals surface area (Å²) < 4.78 is 4.97. The van der Waals surface area contributed by atoms with Crippen LogP contribution in [0.1, 0.15) is 39.6 Å². The Bertz CT molecular complexity index is 1370. The molecule has 0 spiro atoms. The van der Waals surface area contributed by atoms with E-state index < -0.39 is 34.7 Å². The number of nitro benzene ring substituents is 1. The molecule has 3 amide bonds. The third-order valence-corrected chi connectivity index (χ3v) is 6.18. The second-order valence-corrected chi connectivity index (χ2v) is 8.60. The molecule has 0 aromatic heterocycles. The smallest absolute Gasteiger partial charge is 0.338 e. The second kappa shape index (κ2) is 11.5. The van der Waals surface area contributed by atoms with Gasteiger partial charge in [0.05, 0.1) is 29.2 Å². The standard InChI is InChI=1S/C28H25N3O7/c1-2-38-28(35)20-11-13-22(14-12-20)30-25(32)18-24(27(30)34)29(16-15-19-7-4-3-5-8-19)26(33)21-9-6-10-23(17-21)31(36)37/h3-14,17,24H,2,15-16,18H2,1H3. The van der Waals surface area contributed by atoms with Crippen molar-refractivity contribution in [3.8, 4) is 0 Å². The maximum Gasteiger partial charge on any atom is 0.338 e. The molecule has 0 saturated carbocycles. The van der Waals surface area contributed by atoms with Crippen molar-refractivity contribution < 1.29 is 28.8 Å². The largest absolute Gasteiger partial charge is 0.462 e. The van der Waals surface area contributed by atoms with Gasteiger partial charge in [-0.25, -0.2) is 9.69 Å². The molecule has 1 aliphatic heterocycles. The molecule has 10 heteroatoms. The predicted octanol–water partition coefficient (Wildman–Crippen LogP) is 3.79. The fraction of sp³-hybridized carbons (Fsp3) is 0.214. The number of rotatable bonds is 9. The highest BCUT2D eigenvalue weighted by Gasteiger charge is 2.44. The van der Waals surface area contributed by atoms with Gasteiger partial charge in [-0.1, -0.05) is 36.4 Å². The van der Waals surface area contributed by atoms with Crippen molar-refractivity contribution in [3.63, 3.8) is 0 Å². The van der Waals surface area contributed by atoms with Crippen molar-refractivity contribution >= 4 is 35.1 Å². The number of benzene rings is 3. The lowest BCUT2D eigenvalue weighted by Gasteiger charge is -2.28. The Morgan fingerprint density at radius 3 is 2.37 bits per heavy atom. The number of esters is 1. The van der Waals surface area contributed by atoms with Crippen LogP contribution in [0.3, 0.4) is 0 Å². The van der Waals surface area contributed by atoms with Crippen LogP contribution in [-0.2, 0) is 20.7 Å². The molecule has 0 aliphatic carbocycles. The Labute approximate surface area is 218 Å². The van der Waals surface area contributed by atoms with Gasteiger partial charge in [-0.3, -0.25) is 24.5 Å². The molecule has 1 heterocycles. The molecule has 4 rings (SSSR count). The molecular formula is C28H25N3O7. The SMILES string of the molecule is CCOC(=O)c1ccc(N2C(=O)CC(N(CCc3ccccc3)C(=O)c3cccc([N+](=O)[O-])c3)C2=O)cc1. The average Bonchev–Trinajstić information content (AvgIpc) is 3.22. The molecule has 1 fully saturated rings. The number of non-ortho nitro benzene ring substituents is 1. The lowest BCUT2D eigenvalue weighted by Crippen LogP contribution is -2.46. The molecule has 10 nitrogen and oxygen atoms in total. The van der Waals surface area contributed by atoms with Crippen LogP contribution in [0, 0.1) is 10.1 Å². The van der Waals surface area contributed by atoms with Crippen molar-refractivity contribution in [2.45, 2.75) is 25.8 Å². The van der Waals surface area contributed by atoms with E-state index in [0.29, 0.717) is 6.42 Å². The summed E-state index contributed by atoms with van der Waals surface area (Å²) >= 11 is 0. The van der Waals surface area contributed by atoms with E-state index in [-0.39, 0.29) is 42.1 Å². The van der Waals surface area contributed by atoms with Crippen LogP contribution < -0.4 is 4.90 Å². The van der Waals surface area contributed by atoms with Gasteiger partial charge in [-0.2, -0.15) is 0 Å². The van der Waals surface area contributed by atoms with Gasteiger partial charge in [0, 0.05) is 24.2 Å². The van der Waals surface area contributed by atoms with E-state index >= 15 is 0 Å². The predicted molar refractivity (Wildman–Crippen MR) is 138 cm³/mol. The van der Waals surface area contributed by atoms with E-state index in [1.54, 1.807) is 6.92 Å². The number of anilines is 1. The lowest BCUT2D eigenvalue weighted by molar-refractivity contribution is -0.384. The average molecular weight is 516 g/mol. The lowest BCUT2D eigenvalue weighted by atomic mass is 10.1. The van der Waals surface area contributed by atoms with Gasteiger partial charge in [0.2, 0.25) is 5.91 Å². The normalized spacial score (nSPS) is 14.9. The van der Waals surface area contributed by atoms with Gasteiger partial charge < -0.3 is 9.64 Å². The van der Waals surface area contributed by atoms with Crippen LogP contribution >= 0.6 is 0 Å². The van der Waals surface area contributed by atoms with E-state index in [2.05, 4.69) is 0 Å². The van der Waals surface area contributed by atoms with Gasteiger partial charge in [0.1, 0.15) is 6.04 Å². The summed E-state index contributed by atoms with van der Waals surface area (Å²) in [6.45, 7) is 2.01. The topological polar surface area (TPSA) is 127 Å². The number of imide groups is 1. The van der Waals surface area contributed by atoms with Gasteiger partial charge in [0.25, 0.3) is 17.5 Å². The molecule has 3 aromatic rings. The Hall–Kier alpha value is -4.86. The quantitative estimate of drug-likeness (QED) is 0.184. The van der Waals surface area contributed by atoms with Crippen LogP contribution in [-0.4, -0.2) is 52.7 Å². The first-order valence-corrected chi connectivity index (χ1v) is 12.0. The molecule has 1 atom stereocenters. The molecule has 0 radical (unpaired) electrons. The van der Waals surface area contributed by atoms with Crippen LogP contribution in [0.2, 0.25) is 0 Å². The second-order valence-electron chi connectivity index (χ2n) is 8.60. The van der Waals surface area contributed by atoms with Crippen molar-refractivity contribution in [1.82, 2.24) is 4.90 Å². The third-order valence-electron chi connectivity index (χ3n) is 6.18. The summed E-state index contributed by atoms with van der Waals surface area (Å²) in [6.07, 6.45) is 0.168. The number of nitro groups is 1. The molecule has 1 aliphatic rings. The van der Waals surface area contributed by atoms with Crippen molar-refractivity contribution in [1.29, 1.82) is 0 Å². The summed E-state index contributed by atoms with van der Waals surface area (Å²) in [5.41, 5.74) is 1.26. The minimum absolute atomic E-state index is 0.0461. The van der Waals surface area contributed by atoms with Crippen molar-refractivity contribution in [2.24, 2.45) is 0 Å². The molecule has 1 unspecified atom stereocenters. The van der Waals surface area contributed by atoms with Gasteiger partial charge in [0.15, 0.2) is 0 Å². The number of nitrogens with zero attached hydrogens (tertiary/aromatic N) is 3. The van der Waals surface area contributed by atoms with Crippen molar-refractivity contribution in [3.05, 3.63) is 106 Å². The maximum atomic E-state index is 13.6. The number of amides is 3. The van der Waals surface area contributed by atoms with Gasteiger partial charge >= 0.3 is 5.97 Å². The summed E-state index contributed by atoms with van der Waals surface area (Å²) in [5, 5.41) is 11.3. The Morgan fingerprint density at radius 2 is 1.71 bits per heavy atom. The van der Waals surface area contributed by atoms with Crippen LogP contribution in [0.25, 0.3) is 0 Å². The van der Waals surface area contributed by atoms with Gasteiger partial charge in [-0.15, -0.1) is 0 Å². The molecule has 3 aromatic carbocycles. The van der Waals surface area contributed by atoms with E-state index in [1.807, 2.05) is 30.3 Å². The summed E-state index contributed by atoms with van der Waals surface area (Å²) in [5.74, 6) is -2.20. The molecule has 0 N–H and O–H groups in total. The molecule has 194 valence electrons. The number of carbonyl (C=O) groups excluding carboxylic acids is 4. The third kappa shape index (κ3) is 5.59. The maximum absolute atomic E-state index is 13.6. The minimum atomic E-state index is -1.09. The zero-order chi connectivity index (χ0) is 27.2. The molecule has 0 bridgehead atoms. The first-order chi connectivity index (χ1) is 18.3. The zero-order valence-corrected chi connectivity index (χ0v) is 20.6. The van der Waals surface area contributed by atoms with Gasteiger partial charge in [-0.05, 0) is 49.2 Å². The number of hydrogen-bond acceptors (Lipinski definition) is 7. The Kier molecular flexibility index (Phi) is 7.91. The van der Waals surface area contributed by atoms with Crippen LogP contribution in [0.4, 0.5) is 11.4 Å². The first-order valence-electron chi connectivity index (χ1n) is 12.0. The Morgan fingerprint density at radius 1 is 1.00 bits per heavy atom. The number of hydrogen-bond donors (Lipinski definition) is 0. The summed E-state index contributed by atoms with van der Waals surface area (Å²) in [4.78, 5) is 65.0. The zero-order valence-electron chi connectivity index (χ0n) is 20.6. The Balaban J connectivity index is 1.62. The van der Waals surface area contributed by atoms with Crippen LogP contribution in [0.5, 0.6) is 0 Å². The summed E-state index contributed by atoms with van der Waals surface area (Å²) in [6, 6.07) is 19.4. The molecular weight excluding hydrogens is 490 g/mol. The van der Waals surface area contributed by atoms with Crippen LogP contribution in [0.15, 0.2) is 78.9 Å². The fourth-order valence-electron chi connectivity index (χ4n) is 4.30. The monoisotopic (exact) mass is 515 g/mol. The number of ether oxygens (including phenoxy) is 1. The molecule has 1 saturated heterocycles. The van der Waals surface area contributed by atoms with E-state index in [1.165, 1.54) is 47.4 Å². The highest BCUT2D eigenvalue weighted by atomic mass is 16.6. The van der Waals surface area contributed by atoms with E-state index in [4.69, 9.17) is 4.74 Å². The van der Waals surface area contributed by atoms with Crippen molar-refractivity contribution in [2.75, 3.05) is 18.1 Å². The minimum Gasteiger partial charge on any atom is -0.462 e. The van der Waals surface area contributed by atoms with E-state index in [0.717, 1.165) is 16.5 Å². The van der Waals surface area contributed by atoms with E-state index in [9.17, 15) is 29.3 Å². The first kappa shape index (κ1) is 26.2. The fourth-order valence-corrected chi connectivity index (χ4v) is 4.30. The number of carbonyl (C=O) groups is 4. The molecule has 38 heavy (non-hydrogen) atoms. The summed E-state index contributed by atoms with van der Waals surface area (Å²) in [7, 11) is 0. The highest BCUT2D eigenvalue weighted by molar-refractivity contribution is 6.23.